The highest BCUT2D eigenvalue weighted by Gasteiger charge is 2.44. The zero-order valence-corrected chi connectivity index (χ0v) is 13.2. The quantitative estimate of drug-likeness (QED) is 0.909. The Labute approximate surface area is 121 Å². The van der Waals surface area contributed by atoms with Crippen molar-refractivity contribution in [1.29, 1.82) is 0 Å². The normalized spacial score (nSPS) is 32.7. The van der Waals surface area contributed by atoms with Crippen molar-refractivity contribution < 1.29 is 0 Å². The standard InChI is InChI=1S/C16H26N2S/c1-4-13-6-7-16(19-13)11(3)18-10-12-8-17-9-14(12)15(18)5-2/h6-7,11-12,14-15,17H,4-5,8-10H2,1-3H3. The maximum atomic E-state index is 3.58. The van der Waals surface area contributed by atoms with E-state index in [1.165, 1.54) is 37.4 Å². The maximum Gasteiger partial charge on any atom is 0.0416 e. The average molecular weight is 278 g/mol. The lowest BCUT2D eigenvalue weighted by molar-refractivity contribution is 0.168. The third-order valence-corrected chi connectivity index (χ3v) is 6.52. The summed E-state index contributed by atoms with van der Waals surface area (Å²) in [5.74, 6) is 1.77. The van der Waals surface area contributed by atoms with Crippen LogP contribution in [0.15, 0.2) is 12.1 Å². The Morgan fingerprint density at radius 1 is 1.37 bits per heavy atom. The first-order valence-corrected chi connectivity index (χ1v) is 8.61. The Morgan fingerprint density at radius 2 is 2.21 bits per heavy atom. The molecule has 3 rings (SSSR count). The van der Waals surface area contributed by atoms with Crippen LogP contribution >= 0.6 is 11.3 Å². The molecule has 2 aliphatic heterocycles. The van der Waals surface area contributed by atoms with Gasteiger partial charge in [-0.1, -0.05) is 13.8 Å². The molecule has 4 atom stereocenters. The van der Waals surface area contributed by atoms with Crippen LogP contribution in [-0.2, 0) is 6.42 Å². The van der Waals surface area contributed by atoms with Crippen molar-refractivity contribution in [2.24, 2.45) is 11.8 Å². The molecule has 0 spiro atoms. The Kier molecular flexibility index (Phi) is 3.97. The van der Waals surface area contributed by atoms with Crippen LogP contribution in [0, 0.1) is 11.8 Å². The van der Waals surface area contributed by atoms with E-state index < -0.39 is 0 Å². The van der Waals surface area contributed by atoms with Crippen molar-refractivity contribution >= 4 is 11.3 Å². The summed E-state index contributed by atoms with van der Waals surface area (Å²) in [6.45, 7) is 10.8. The van der Waals surface area contributed by atoms with Crippen LogP contribution in [0.4, 0.5) is 0 Å². The molecule has 2 nitrogen and oxygen atoms in total. The van der Waals surface area contributed by atoms with Crippen LogP contribution in [0.5, 0.6) is 0 Å². The molecule has 2 fully saturated rings. The first-order valence-electron chi connectivity index (χ1n) is 7.79. The van der Waals surface area contributed by atoms with Crippen molar-refractivity contribution in [3.8, 4) is 0 Å². The summed E-state index contributed by atoms with van der Waals surface area (Å²) in [6.07, 6.45) is 2.46. The van der Waals surface area contributed by atoms with Crippen molar-refractivity contribution in [3.05, 3.63) is 21.9 Å². The second-order valence-electron chi connectivity index (χ2n) is 6.09. The van der Waals surface area contributed by atoms with Crippen LogP contribution in [0.2, 0.25) is 0 Å². The van der Waals surface area contributed by atoms with Gasteiger partial charge in [0.15, 0.2) is 0 Å². The molecule has 1 aromatic heterocycles. The van der Waals surface area contributed by atoms with Gasteiger partial charge in [-0.05, 0) is 56.8 Å². The fraction of sp³-hybridized carbons (Fsp3) is 0.750. The molecule has 0 bridgehead atoms. The van der Waals surface area contributed by atoms with Gasteiger partial charge in [0.05, 0.1) is 0 Å². The van der Waals surface area contributed by atoms with Gasteiger partial charge < -0.3 is 5.32 Å². The van der Waals surface area contributed by atoms with Crippen LogP contribution in [0.3, 0.4) is 0 Å². The average Bonchev–Trinajstić information content (AvgIpc) is 3.12. The molecule has 0 aromatic carbocycles. The van der Waals surface area contributed by atoms with Crippen LogP contribution < -0.4 is 5.32 Å². The van der Waals surface area contributed by atoms with Crippen LogP contribution in [-0.4, -0.2) is 30.6 Å². The van der Waals surface area contributed by atoms with Gasteiger partial charge in [-0.25, -0.2) is 0 Å². The largest absolute Gasteiger partial charge is 0.316 e. The van der Waals surface area contributed by atoms with Crippen LogP contribution in [0.25, 0.3) is 0 Å². The molecule has 4 unspecified atom stereocenters. The molecule has 106 valence electrons. The van der Waals surface area contributed by atoms with E-state index in [4.69, 9.17) is 0 Å². The second-order valence-corrected chi connectivity index (χ2v) is 7.29. The number of hydrogen-bond donors (Lipinski definition) is 1. The SMILES string of the molecule is CCc1ccc(C(C)N2CC3CNCC3C2CC)s1. The van der Waals surface area contributed by atoms with Gasteiger partial charge in [0.2, 0.25) is 0 Å². The molecule has 0 aliphatic carbocycles. The van der Waals surface area contributed by atoms with Gasteiger partial charge in [-0.3, -0.25) is 4.90 Å². The van der Waals surface area contributed by atoms with Gasteiger partial charge in [-0.2, -0.15) is 0 Å². The zero-order valence-electron chi connectivity index (χ0n) is 12.4. The van der Waals surface area contributed by atoms with Gasteiger partial charge in [0.1, 0.15) is 0 Å². The third-order valence-electron chi connectivity index (χ3n) is 5.12. The van der Waals surface area contributed by atoms with E-state index in [0.29, 0.717) is 6.04 Å². The molecule has 19 heavy (non-hydrogen) atoms. The molecular formula is C16H26N2S. The predicted molar refractivity (Wildman–Crippen MR) is 82.7 cm³/mol. The number of aryl methyl sites for hydroxylation is 1. The van der Waals surface area contributed by atoms with E-state index in [9.17, 15) is 0 Å². The van der Waals surface area contributed by atoms with E-state index in [2.05, 4.69) is 43.1 Å². The van der Waals surface area contributed by atoms with E-state index in [-0.39, 0.29) is 0 Å². The molecule has 0 saturated carbocycles. The van der Waals surface area contributed by atoms with E-state index in [0.717, 1.165) is 17.9 Å². The molecule has 3 heterocycles. The Bertz CT molecular complexity index is 428. The number of nitrogens with zero attached hydrogens (tertiary/aromatic N) is 1. The number of likely N-dealkylation sites (tertiary alicyclic amines) is 1. The van der Waals surface area contributed by atoms with Crippen molar-refractivity contribution in [2.45, 2.75) is 45.7 Å². The van der Waals surface area contributed by atoms with E-state index in [1.807, 2.05) is 11.3 Å². The minimum atomic E-state index is 0.598. The van der Waals surface area contributed by atoms with Crippen molar-refractivity contribution in [2.75, 3.05) is 19.6 Å². The van der Waals surface area contributed by atoms with Gasteiger partial charge in [0.25, 0.3) is 0 Å². The maximum absolute atomic E-state index is 3.58. The monoisotopic (exact) mass is 278 g/mol. The van der Waals surface area contributed by atoms with Crippen molar-refractivity contribution in [3.63, 3.8) is 0 Å². The topological polar surface area (TPSA) is 15.3 Å². The van der Waals surface area contributed by atoms with Gasteiger partial charge in [0, 0.05) is 28.4 Å². The lowest BCUT2D eigenvalue weighted by Gasteiger charge is -2.32. The lowest BCUT2D eigenvalue weighted by Crippen LogP contribution is -2.36. The Balaban J connectivity index is 1.77. The molecule has 1 aromatic rings. The smallest absolute Gasteiger partial charge is 0.0416 e. The van der Waals surface area contributed by atoms with Crippen LogP contribution in [0.1, 0.15) is 43.0 Å². The first kappa shape index (κ1) is 13.6. The molecule has 3 heteroatoms. The number of fused-ring (bicyclic) bond motifs is 1. The highest BCUT2D eigenvalue weighted by atomic mass is 32.1. The summed E-state index contributed by atoms with van der Waals surface area (Å²) in [6, 6.07) is 6.05. The summed E-state index contributed by atoms with van der Waals surface area (Å²) >= 11 is 2.01. The summed E-state index contributed by atoms with van der Waals surface area (Å²) in [7, 11) is 0. The fourth-order valence-electron chi connectivity index (χ4n) is 4.01. The summed E-state index contributed by atoms with van der Waals surface area (Å²) in [5.41, 5.74) is 0. The molecule has 2 aliphatic rings. The number of rotatable bonds is 4. The molecular weight excluding hydrogens is 252 g/mol. The van der Waals surface area contributed by atoms with Gasteiger partial charge >= 0.3 is 0 Å². The highest BCUT2D eigenvalue weighted by molar-refractivity contribution is 7.12. The summed E-state index contributed by atoms with van der Waals surface area (Å²) < 4.78 is 0. The van der Waals surface area contributed by atoms with Crippen molar-refractivity contribution in [1.82, 2.24) is 10.2 Å². The zero-order chi connectivity index (χ0) is 13.4. The third kappa shape index (κ3) is 2.37. The molecule has 2 saturated heterocycles. The minimum Gasteiger partial charge on any atom is -0.316 e. The second kappa shape index (κ2) is 5.55. The summed E-state index contributed by atoms with van der Waals surface area (Å²) in [5, 5.41) is 3.58. The predicted octanol–water partition coefficient (Wildman–Crippen LogP) is 3.30. The number of thiophene rings is 1. The molecule has 0 amide bonds. The van der Waals surface area contributed by atoms with E-state index in [1.54, 1.807) is 4.88 Å². The number of nitrogens with one attached hydrogen (secondary N) is 1. The van der Waals surface area contributed by atoms with Gasteiger partial charge in [-0.15, -0.1) is 11.3 Å². The minimum absolute atomic E-state index is 0.598. The number of hydrogen-bond acceptors (Lipinski definition) is 3. The lowest BCUT2D eigenvalue weighted by atomic mass is 9.92. The highest BCUT2D eigenvalue weighted by Crippen LogP contribution is 2.40. The summed E-state index contributed by atoms with van der Waals surface area (Å²) in [4.78, 5) is 5.86. The molecule has 1 N–H and O–H groups in total. The first-order chi connectivity index (χ1) is 9.24. The Morgan fingerprint density at radius 3 is 2.89 bits per heavy atom. The fourth-order valence-corrected chi connectivity index (χ4v) is 5.04. The Hall–Kier alpha value is -0.380. The molecule has 0 radical (unpaired) electrons. The van der Waals surface area contributed by atoms with E-state index >= 15 is 0 Å².